The summed E-state index contributed by atoms with van der Waals surface area (Å²) in [7, 11) is 0. The number of fused-ring (bicyclic) bond motifs is 1. The first-order chi connectivity index (χ1) is 11.5. The quantitative estimate of drug-likeness (QED) is 0.727. The van der Waals surface area contributed by atoms with Crippen LogP contribution in [0.15, 0.2) is 59.5 Å². The van der Waals surface area contributed by atoms with Gasteiger partial charge in [-0.2, -0.15) is 0 Å². The molecule has 0 atom stereocenters. The summed E-state index contributed by atoms with van der Waals surface area (Å²) in [6.45, 7) is 5.19. The van der Waals surface area contributed by atoms with Crippen LogP contribution >= 0.6 is 0 Å². The van der Waals surface area contributed by atoms with E-state index in [4.69, 9.17) is 10.5 Å². The number of pyridine rings is 1. The summed E-state index contributed by atoms with van der Waals surface area (Å²) in [5.74, 6) is 1.15. The SMILES string of the molecule is CC(C)c1ccc2ccn(CCOc3ccc(N)cc3)c(=O)c2c1. The molecular weight excluding hydrogens is 300 g/mol. The van der Waals surface area contributed by atoms with Crippen molar-refractivity contribution >= 4 is 16.5 Å². The van der Waals surface area contributed by atoms with Crippen molar-refractivity contribution in [3.8, 4) is 5.75 Å². The third kappa shape index (κ3) is 3.43. The molecule has 1 aromatic heterocycles. The number of nitrogen functional groups attached to an aromatic ring is 1. The maximum Gasteiger partial charge on any atom is 0.258 e. The van der Waals surface area contributed by atoms with Gasteiger partial charge in [0.2, 0.25) is 0 Å². The Balaban J connectivity index is 1.78. The molecule has 0 aliphatic carbocycles. The molecule has 0 unspecified atom stereocenters. The summed E-state index contributed by atoms with van der Waals surface area (Å²) in [4.78, 5) is 12.7. The van der Waals surface area contributed by atoms with Crippen LogP contribution in [0, 0.1) is 0 Å². The van der Waals surface area contributed by atoms with Crippen molar-refractivity contribution in [1.29, 1.82) is 0 Å². The average Bonchev–Trinajstić information content (AvgIpc) is 2.58. The van der Waals surface area contributed by atoms with Gasteiger partial charge in [0.15, 0.2) is 0 Å². The number of nitrogens with two attached hydrogens (primary N) is 1. The highest BCUT2D eigenvalue weighted by Gasteiger charge is 2.06. The number of nitrogens with zero attached hydrogens (tertiary/aromatic N) is 1. The number of hydrogen-bond acceptors (Lipinski definition) is 3. The van der Waals surface area contributed by atoms with Gasteiger partial charge in [-0.25, -0.2) is 0 Å². The predicted octanol–water partition coefficient (Wildman–Crippen LogP) is 3.79. The summed E-state index contributed by atoms with van der Waals surface area (Å²) >= 11 is 0. The number of ether oxygens (including phenoxy) is 1. The Kier molecular flexibility index (Phi) is 4.56. The summed E-state index contributed by atoms with van der Waals surface area (Å²) in [6.07, 6.45) is 1.83. The Labute approximate surface area is 141 Å². The largest absolute Gasteiger partial charge is 0.492 e. The summed E-state index contributed by atoms with van der Waals surface area (Å²) in [6, 6.07) is 15.3. The van der Waals surface area contributed by atoms with E-state index in [0.29, 0.717) is 24.8 Å². The molecule has 0 amide bonds. The molecule has 2 aromatic carbocycles. The number of benzene rings is 2. The minimum absolute atomic E-state index is 0.0240. The first-order valence-corrected chi connectivity index (χ1v) is 8.16. The fourth-order valence-electron chi connectivity index (χ4n) is 2.66. The monoisotopic (exact) mass is 322 g/mol. The maximum absolute atomic E-state index is 12.7. The van der Waals surface area contributed by atoms with Crippen LogP contribution in [0.25, 0.3) is 10.8 Å². The van der Waals surface area contributed by atoms with Crippen molar-refractivity contribution < 1.29 is 4.74 Å². The predicted molar refractivity (Wildman–Crippen MR) is 98.6 cm³/mol. The zero-order valence-corrected chi connectivity index (χ0v) is 14.0. The van der Waals surface area contributed by atoms with E-state index < -0.39 is 0 Å². The molecule has 3 rings (SSSR count). The molecule has 0 aliphatic rings. The zero-order valence-electron chi connectivity index (χ0n) is 14.0. The summed E-state index contributed by atoms with van der Waals surface area (Å²) in [5, 5.41) is 1.73. The Morgan fingerprint density at radius 1 is 1.08 bits per heavy atom. The van der Waals surface area contributed by atoms with Crippen LogP contribution in [0.3, 0.4) is 0 Å². The van der Waals surface area contributed by atoms with Crippen LogP contribution in [0.2, 0.25) is 0 Å². The third-order valence-corrected chi connectivity index (χ3v) is 4.15. The maximum atomic E-state index is 12.7. The molecule has 0 saturated heterocycles. The zero-order chi connectivity index (χ0) is 17.1. The second-order valence-electron chi connectivity index (χ2n) is 6.23. The fraction of sp³-hybridized carbons (Fsp3) is 0.250. The first-order valence-electron chi connectivity index (χ1n) is 8.16. The van der Waals surface area contributed by atoms with Crippen LogP contribution in [-0.4, -0.2) is 11.2 Å². The first kappa shape index (κ1) is 16.1. The number of anilines is 1. The molecule has 0 bridgehead atoms. The van der Waals surface area contributed by atoms with E-state index in [1.807, 2.05) is 36.5 Å². The van der Waals surface area contributed by atoms with Crippen LogP contribution in [0.1, 0.15) is 25.3 Å². The van der Waals surface area contributed by atoms with Crippen molar-refractivity contribution in [2.75, 3.05) is 12.3 Å². The molecule has 0 aliphatic heterocycles. The summed E-state index contributed by atoms with van der Waals surface area (Å²) in [5.41, 5.74) is 7.55. The second kappa shape index (κ2) is 6.79. The van der Waals surface area contributed by atoms with E-state index >= 15 is 0 Å². The molecule has 4 nitrogen and oxygen atoms in total. The van der Waals surface area contributed by atoms with Gasteiger partial charge in [-0.3, -0.25) is 4.79 Å². The molecule has 24 heavy (non-hydrogen) atoms. The van der Waals surface area contributed by atoms with Crippen LogP contribution in [-0.2, 0) is 6.54 Å². The van der Waals surface area contributed by atoms with E-state index in [9.17, 15) is 4.79 Å². The Hall–Kier alpha value is -2.75. The molecule has 124 valence electrons. The standard InChI is InChI=1S/C20H22N2O2/c1-14(2)16-4-3-15-9-10-22(20(23)19(15)13-16)11-12-24-18-7-5-17(21)6-8-18/h3-10,13-14H,11-12,21H2,1-2H3. The third-order valence-electron chi connectivity index (χ3n) is 4.15. The van der Waals surface area contributed by atoms with E-state index in [1.165, 1.54) is 5.56 Å². The highest BCUT2D eigenvalue weighted by molar-refractivity contribution is 5.82. The van der Waals surface area contributed by atoms with Gasteiger partial charge in [-0.15, -0.1) is 0 Å². The van der Waals surface area contributed by atoms with E-state index in [-0.39, 0.29) is 5.56 Å². The molecule has 4 heteroatoms. The van der Waals surface area contributed by atoms with Crippen LogP contribution in [0.4, 0.5) is 5.69 Å². The van der Waals surface area contributed by atoms with Gasteiger partial charge < -0.3 is 15.0 Å². The lowest BCUT2D eigenvalue weighted by atomic mass is 10.0. The molecule has 2 N–H and O–H groups in total. The highest BCUT2D eigenvalue weighted by Crippen LogP contribution is 2.19. The Bertz CT molecular complexity index is 896. The molecule has 0 spiro atoms. The normalized spacial score (nSPS) is 11.1. The average molecular weight is 322 g/mol. The molecular formula is C20H22N2O2. The second-order valence-corrected chi connectivity index (χ2v) is 6.23. The van der Waals surface area contributed by atoms with Gasteiger partial charge in [0, 0.05) is 17.3 Å². The van der Waals surface area contributed by atoms with Crippen LogP contribution < -0.4 is 16.0 Å². The number of rotatable bonds is 5. The molecule has 3 aromatic rings. The van der Waals surface area contributed by atoms with Crippen molar-refractivity contribution in [3.63, 3.8) is 0 Å². The van der Waals surface area contributed by atoms with Crippen LogP contribution in [0.5, 0.6) is 5.75 Å². The van der Waals surface area contributed by atoms with Crippen molar-refractivity contribution in [3.05, 3.63) is 70.6 Å². The van der Waals surface area contributed by atoms with Gasteiger partial charge in [-0.05, 0) is 53.3 Å². The van der Waals surface area contributed by atoms with Gasteiger partial charge >= 0.3 is 0 Å². The van der Waals surface area contributed by atoms with Gasteiger partial charge in [0.25, 0.3) is 5.56 Å². The lowest BCUT2D eigenvalue weighted by Gasteiger charge is -2.11. The minimum atomic E-state index is 0.0240. The van der Waals surface area contributed by atoms with Crippen molar-refractivity contribution in [1.82, 2.24) is 4.57 Å². The number of aromatic nitrogens is 1. The van der Waals surface area contributed by atoms with Gasteiger partial charge in [-0.1, -0.05) is 26.0 Å². The Morgan fingerprint density at radius 2 is 1.83 bits per heavy atom. The lowest BCUT2D eigenvalue weighted by Crippen LogP contribution is -2.22. The highest BCUT2D eigenvalue weighted by atomic mass is 16.5. The lowest BCUT2D eigenvalue weighted by molar-refractivity contribution is 0.297. The molecule has 0 fully saturated rings. The molecule has 1 heterocycles. The van der Waals surface area contributed by atoms with E-state index in [1.54, 1.807) is 16.7 Å². The molecule has 0 saturated carbocycles. The van der Waals surface area contributed by atoms with Crippen molar-refractivity contribution in [2.45, 2.75) is 26.3 Å². The van der Waals surface area contributed by atoms with E-state index in [0.717, 1.165) is 16.5 Å². The summed E-state index contributed by atoms with van der Waals surface area (Å²) < 4.78 is 7.38. The minimum Gasteiger partial charge on any atom is -0.492 e. The molecule has 0 radical (unpaired) electrons. The van der Waals surface area contributed by atoms with Gasteiger partial charge in [0.1, 0.15) is 12.4 Å². The Morgan fingerprint density at radius 3 is 2.54 bits per heavy atom. The van der Waals surface area contributed by atoms with Gasteiger partial charge in [0.05, 0.1) is 6.54 Å². The van der Waals surface area contributed by atoms with E-state index in [2.05, 4.69) is 19.9 Å². The fourth-order valence-corrected chi connectivity index (χ4v) is 2.66. The number of hydrogen-bond donors (Lipinski definition) is 1. The topological polar surface area (TPSA) is 57.2 Å². The van der Waals surface area contributed by atoms with Crippen molar-refractivity contribution in [2.24, 2.45) is 0 Å². The smallest absolute Gasteiger partial charge is 0.258 e.